The van der Waals surface area contributed by atoms with E-state index in [0.29, 0.717) is 9.23 Å². The number of benzene rings is 1. The summed E-state index contributed by atoms with van der Waals surface area (Å²) in [5.74, 6) is -0.820. The quantitative estimate of drug-likeness (QED) is 0.488. The first-order valence-corrected chi connectivity index (χ1v) is 7.17. The molecule has 104 valence electrons. The third-order valence-electron chi connectivity index (χ3n) is 2.94. The summed E-state index contributed by atoms with van der Waals surface area (Å²) in [4.78, 5) is 25.4. The molecule has 1 aromatic rings. The van der Waals surface area contributed by atoms with E-state index in [4.69, 9.17) is 12.2 Å². The van der Waals surface area contributed by atoms with Crippen molar-refractivity contribution in [2.75, 3.05) is 7.11 Å². The van der Waals surface area contributed by atoms with Gasteiger partial charge in [-0.1, -0.05) is 54.3 Å². The van der Waals surface area contributed by atoms with Crippen LogP contribution in [0.4, 0.5) is 0 Å². The van der Waals surface area contributed by atoms with Gasteiger partial charge in [0.2, 0.25) is 0 Å². The van der Waals surface area contributed by atoms with Crippen LogP contribution in [-0.2, 0) is 14.3 Å². The van der Waals surface area contributed by atoms with Crippen LogP contribution in [0.5, 0.6) is 0 Å². The molecule has 0 N–H and O–H groups in total. The lowest BCUT2D eigenvalue weighted by atomic mass is 10.1. The molecule has 2 rings (SSSR count). The summed E-state index contributed by atoms with van der Waals surface area (Å²) in [5.41, 5.74) is 0.989. The fourth-order valence-electron chi connectivity index (χ4n) is 1.86. The lowest BCUT2D eigenvalue weighted by Gasteiger charge is -2.23. The smallest absolute Gasteiger partial charge is 0.331 e. The summed E-state index contributed by atoms with van der Waals surface area (Å²) in [6.07, 6.45) is 1.18. The van der Waals surface area contributed by atoms with Gasteiger partial charge in [0.05, 0.1) is 18.1 Å². The molecule has 1 aliphatic rings. The van der Waals surface area contributed by atoms with Gasteiger partial charge in [0.25, 0.3) is 5.91 Å². The summed E-state index contributed by atoms with van der Waals surface area (Å²) >= 11 is 6.35. The van der Waals surface area contributed by atoms with Crippen LogP contribution in [0.25, 0.3) is 0 Å². The van der Waals surface area contributed by atoms with Gasteiger partial charge in [-0.3, -0.25) is 9.69 Å². The van der Waals surface area contributed by atoms with E-state index in [1.165, 1.54) is 18.1 Å². The number of carbonyl (C=O) groups is 2. The van der Waals surface area contributed by atoms with Crippen LogP contribution in [0.3, 0.4) is 0 Å². The molecule has 1 aliphatic heterocycles. The second kappa shape index (κ2) is 6.19. The standard InChI is InChI=1S/C14H13NO3S2/c1-9(10-6-4-3-5-7-10)15-13(17)11(20-14(15)19)8-12(16)18-2/h3-9H,1-2H3/b11-8+/t9-/m1/s1. The van der Waals surface area contributed by atoms with E-state index in [2.05, 4.69) is 4.74 Å². The Morgan fingerprint density at radius 1 is 1.40 bits per heavy atom. The van der Waals surface area contributed by atoms with Crippen molar-refractivity contribution in [3.05, 3.63) is 46.9 Å². The monoisotopic (exact) mass is 307 g/mol. The first-order valence-electron chi connectivity index (χ1n) is 5.94. The third kappa shape index (κ3) is 2.91. The summed E-state index contributed by atoms with van der Waals surface area (Å²) in [6, 6.07) is 9.44. The number of thioether (sulfide) groups is 1. The van der Waals surface area contributed by atoms with E-state index in [1.54, 1.807) is 0 Å². The number of methoxy groups -OCH3 is 1. The third-order valence-corrected chi connectivity index (χ3v) is 4.27. The highest BCUT2D eigenvalue weighted by molar-refractivity contribution is 8.26. The lowest BCUT2D eigenvalue weighted by Crippen LogP contribution is -2.31. The Labute approximate surface area is 126 Å². The van der Waals surface area contributed by atoms with Crippen molar-refractivity contribution in [2.24, 2.45) is 0 Å². The molecule has 1 atom stereocenters. The van der Waals surface area contributed by atoms with Gasteiger partial charge in [0.15, 0.2) is 0 Å². The van der Waals surface area contributed by atoms with Gasteiger partial charge < -0.3 is 4.74 Å². The number of esters is 1. The molecule has 6 heteroatoms. The molecule has 1 saturated heterocycles. The van der Waals surface area contributed by atoms with Crippen molar-refractivity contribution >= 4 is 40.2 Å². The second-order valence-electron chi connectivity index (χ2n) is 4.16. The van der Waals surface area contributed by atoms with E-state index >= 15 is 0 Å². The van der Waals surface area contributed by atoms with Gasteiger partial charge >= 0.3 is 5.97 Å². The molecular weight excluding hydrogens is 294 g/mol. The fraction of sp³-hybridized carbons (Fsp3) is 0.214. The number of amides is 1. The Morgan fingerprint density at radius 3 is 2.65 bits per heavy atom. The van der Waals surface area contributed by atoms with Gasteiger partial charge in [-0.15, -0.1) is 0 Å². The zero-order valence-corrected chi connectivity index (χ0v) is 12.7. The minimum absolute atomic E-state index is 0.174. The normalized spacial score (nSPS) is 18.5. The lowest BCUT2D eigenvalue weighted by molar-refractivity contribution is -0.135. The van der Waals surface area contributed by atoms with Crippen LogP contribution in [0.15, 0.2) is 41.3 Å². The topological polar surface area (TPSA) is 46.6 Å². The first-order chi connectivity index (χ1) is 9.54. The first kappa shape index (κ1) is 14.7. The molecule has 1 fully saturated rings. The highest BCUT2D eigenvalue weighted by Gasteiger charge is 2.36. The molecule has 0 unspecified atom stereocenters. The van der Waals surface area contributed by atoms with Gasteiger partial charge in [-0.25, -0.2) is 4.79 Å². The number of carbonyl (C=O) groups excluding carboxylic acids is 2. The molecule has 1 aromatic carbocycles. The Hall–Kier alpha value is -1.66. The van der Waals surface area contributed by atoms with E-state index < -0.39 is 5.97 Å². The van der Waals surface area contributed by atoms with Crippen LogP contribution in [-0.4, -0.2) is 28.2 Å². The number of hydrogen-bond acceptors (Lipinski definition) is 5. The van der Waals surface area contributed by atoms with Gasteiger partial charge in [-0.2, -0.15) is 0 Å². The predicted molar refractivity (Wildman–Crippen MR) is 82.0 cm³/mol. The maximum absolute atomic E-state index is 12.3. The fourth-order valence-corrected chi connectivity index (χ4v) is 3.24. The summed E-state index contributed by atoms with van der Waals surface area (Å²) in [7, 11) is 1.27. The van der Waals surface area contributed by atoms with Crippen LogP contribution in [0, 0.1) is 0 Å². The number of thiocarbonyl (C=S) groups is 1. The molecule has 1 heterocycles. The Kier molecular flexibility index (Phi) is 4.57. The molecule has 0 aliphatic carbocycles. The van der Waals surface area contributed by atoms with Crippen molar-refractivity contribution in [3.8, 4) is 0 Å². The summed E-state index contributed by atoms with van der Waals surface area (Å²) < 4.78 is 4.98. The average molecular weight is 307 g/mol. The van der Waals surface area contributed by atoms with Crippen molar-refractivity contribution in [2.45, 2.75) is 13.0 Å². The molecule has 0 aromatic heterocycles. The van der Waals surface area contributed by atoms with E-state index in [0.717, 1.165) is 17.3 Å². The average Bonchev–Trinajstić information content (AvgIpc) is 2.73. The van der Waals surface area contributed by atoms with E-state index in [9.17, 15) is 9.59 Å². The van der Waals surface area contributed by atoms with Gasteiger partial charge in [0, 0.05) is 6.08 Å². The van der Waals surface area contributed by atoms with Gasteiger partial charge in [-0.05, 0) is 12.5 Å². The Balaban J connectivity index is 2.26. The minimum Gasteiger partial charge on any atom is -0.466 e. The van der Waals surface area contributed by atoms with Crippen molar-refractivity contribution in [1.82, 2.24) is 4.90 Å². The van der Waals surface area contributed by atoms with Crippen LogP contribution >= 0.6 is 24.0 Å². The van der Waals surface area contributed by atoms with E-state index in [-0.39, 0.29) is 11.9 Å². The minimum atomic E-state index is -0.558. The maximum Gasteiger partial charge on any atom is 0.331 e. The number of hydrogen-bond donors (Lipinski definition) is 0. The molecule has 20 heavy (non-hydrogen) atoms. The molecule has 0 spiro atoms. The largest absolute Gasteiger partial charge is 0.466 e. The number of nitrogens with zero attached hydrogens (tertiary/aromatic N) is 1. The zero-order chi connectivity index (χ0) is 14.7. The van der Waals surface area contributed by atoms with Crippen molar-refractivity contribution in [1.29, 1.82) is 0 Å². The molecule has 0 saturated carbocycles. The molecule has 0 bridgehead atoms. The Morgan fingerprint density at radius 2 is 2.05 bits per heavy atom. The maximum atomic E-state index is 12.3. The molecule has 4 nitrogen and oxygen atoms in total. The van der Waals surface area contributed by atoms with Crippen LogP contribution < -0.4 is 0 Å². The summed E-state index contributed by atoms with van der Waals surface area (Å²) in [5, 5.41) is 0. The Bertz CT molecular complexity index is 583. The summed E-state index contributed by atoms with van der Waals surface area (Å²) in [6.45, 7) is 1.90. The highest BCUT2D eigenvalue weighted by Crippen LogP contribution is 2.36. The number of rotatable bonds is 3. The second-order valence-corrected chi connectivity index (χ2v) is 5.84. The van der Waals surface area contributed by atoms with Gasteiger partial charge in [0.1, 0.15) is 4.32 Å². The van der Waals surface area contributed by atoms with E-state index in [1.807, 2.05) is 37.3 Å². The number of ether oxygens (including phenoxy) is 1. The zero-order valence-electron chi connectivity index (χ0n) is 11.0. The molecule has 0 radical (unpaired) electrons. The van der Waals surface area contributed by atoms with Crippen molar-refractivity contribution < 1.29 is 14.3 Å². The van der Waals surface area contributed by atoms with Crippen LogP contribution in [0.1, 0.15) is 18.5 Å². The van der Waals surface area contributed by atoms with Crippen molar-refractivity contribution in [3.63, 3.8) is 0 Å². The SMILES string of the molecule is COC(=O)/C=C1/SC(=S)N([C@H](C)c2ccccc2)C1=O. The molecular formula is C14H13NO3S2. The highest BCUT2D eigenvalue weighted by atomic mass is 32.2. The van der Waals surface area contributed by atoms with Crippen LogP contribution in [0.2, 0.25) is 0 Å². The molecule has 1 amide bonds. The predicted octanol–water partition coefficient (Wildman–Crippen LogP) is 2.66.